The average Bonchev–Trinajstić information content (AvgIpc) is 3.28. The molecule has 0 spiro atoms. The van der Waals surface area contributed by atoms with E-state index in [1.165, 1.54) is 11.1 Å². The van der Waals surface area contributed by atoms with Crippen LogP contribution < -0.4 is 20.3 Å². The van der Waals surface area contributed by atoms with E-state index in [1.807, 2.05) is 24.3 Å². The fraction of sp³-hybridized carbons (Fsp3) is 0.240. The first-order valence-electron chi connectivity index (χ1n) is 10.9. The predicted octanol–water partition coefficient (Wildman–Crippen LogP) is 4.64. The molecule has 8 nitrogen and oxygen atoms in total. The van der Waals surface area contributed by atoms with Crippen molar-refractivity contribution in [2.75, 3.05) is 22.1 Å². The Morgan fingerprint density at radius 1 is 1.09 bits per heavy atom. The van der Waals surface area contributed by atoms with Gasteiger partial charge < -0.3 is 24.7 Å². The molecule has 0 fully saturated rings. The number of nitrogens with zero attached hydrogens (tertiary/aromatic N) is 3. The number of furan rings is 1. The molecule has 2 aromatic carbocycles. The molecule has 1 amide bonds. The van der Waals surface area contributed by atoms with E-state index in [2.05, 4.69) is 44.8 Å². The molecule has 2 aliphatic heterocycles. The lowest BCUT2D eigenvalue weighted by Gasteiger charge is -2.31. The quantitative estimate of drug-likeness (QED) is 0.478. The summed E-state index contributed by atoms with van der Waals surface area (Å²) < 4.78 is 11.6. The Kier molecular flexibility index (Phi) is 4.29. The number of hydrogen-bond donors (Lipinski definition) is 2. The number of ether oxygens (including phenoxy) is 1. The summed E-state index contributed by atoms with van der Waals surface area (Å²) >= 11 is 0. The van der Waals surface area contributed by atoms with E-state index in [0.717, 1.165) is 36.5 Å². The van der Waals surface area contributed by atoms with Crippen LogP contribution in [0.2, 0.25) is 0 Å². The summed E-state index contributed by atoms with van der Waals surface area (Å²) in [5.41, 5.74) is 4.53. The van der Waals surface area contributed by atoms with Gasteiger partial charge in [-0.05, 0) is 49.6 Å². The summed E-state index contributed by atoms with van der Waals surface area (Å²) in [6, 6.07) is 15.9. The van der Waals surface area contributed by atoms with Crippen LogP contribution in [-0.2, 0) is 17.8 Å². The molecule has 4 heterocycles. The van der Waals surface area contributed by atoms with Gasteiger partial charge in [0.25, 0.3) is 5.91 Å². The van der Waals surface area contributed by atoms with Crippen molar-refractivity contribution in [1.82, 2.24) is 9.97 Å². The van der Waals surface area contributed by atoms with Gasteiger partial charge in [0.05, 0.1) is 12.0 Å². The number of fused-ring (bicyclic) bond motifs is 3. The standard InChI is InChI=1S/C25H23N5O3/c1-25(2)23(31)27-19-13-17(7-8-20(19)33-25)26-24-28-18-10-12-32-21(18)22(29-24)30-11-9-15-5-3-4-6-16(15)14-30/h3-8,10,12-13H,9,11,14H2,1-2H3,(H,27,31)(H,26,28,29). The van der Waals surface area contributed by atoms with E-state index in [0.29, 0.717) is 23.0 Å². The molecule has 8 heteroatoms. The Morgan fingerprint density at radius 3 is 2.82 bits per heavy atom. The molecule has 2 N–H and O–H groups in total. The topological polar surface area (TPSA) is 92.5 Å². The molecule has 6 rings (SSSR count). The lowest BCUT2D eigenvalue weighted by Crippen LogP contribution is -2.45. The molecule has 2 aromatic heterocycles. The Labute approximate surface area is 190 Å². The summed E-state index contributed by atoms with van der Waals surface area (Å²) in [6.07, 6.45) is 2.59. The second-order valence-electron chi connectivity index (χ2n) is 8.85. The van der Waals surface area contributed by atoms with E-state index in [4.69, 9.17) is 14.1 Å². The second kappa shape index (κ2) is 7.23. The van der Waals surface area contributed by atoms with Crippen molar-refractivity contribution in [2.24, 2.45) is 0 Å². The highest BCUT2D eigenvalue weighted by Gasteiger charge is 2.35. The van der Waals surface area contributed by atoms with Gasteiger partial charge in [-0.15, -0.1) is 0 Å². The third kappa shape index (κ3) is 3.44. The molecule has 166 valence electrons. The molecule has 0 atom stereocenters. The number of anilines is 4. The van der Waals surface area contributed by atoms with Crippen molar-refractivity contribution in [1.29, 1.82) is 0 Å². The summed E-state index contributed by atoms with van der Waals surface area (Å²) in [7, 11) is 0. The van der Waals surface area contributed by atoms with Gasteiger partial charge in [0, 0.05) is 24.8 Å². The van der Waals surface area contributed by atoms with E-state index in [1.54, 1.807) is 20.1 Å². The fourth-order valence-electron chi connectivity index (χ4n) is 4.31. The highest BCUT2D eigenvalue weighted by Crippen LogP contribution is 2.36. The third-order valence-electron chi connectivity index (χ3n) is 6.11. The normalized spacial score (nSPS) is 16.5. The molecule has 0 radical (unpaired) electrons. The van der Waals surface area contributed by atoms with Gasteiger partial charge in [0.2, 0.25) is 5.95 Å². The summed E-state index contributed by atoms with van der Waals surface area (Å²) in [5, 5.41) is 6.18. The number of rotatable bonds is 3. The zero-order valence-corrected chi connectivity index (χ0v) is 18.4. The minimum atomic E-state index is -0.903. The first kappa shape index (κ1) is 19.6. The predicted molar refractivity (Wildman–Crippen MR) is 126 cm³/mol. The number of aromatic nitrogens is 2. The molecule has 0 aliphatic carbocycles. The van der Waals surface area contributed by atoms with Gasteiger partial charge in [-0.2, -0.15) is 4.98 Å². The van der Waals surface area contributed by atoms with Crippen molar-refractivity contribution < 1.29 is 13.9 Å². The third-order valence-corrected chi connectivity index (χ3v) is 6.11. The van der Waals surface area contributed by atoms with Crippen LogP contribution in [0.25, 0.3) is 11.1 Å². The van der Waals surface area contributed by atoms with Gasteiger partial charge in [-0.1, -0.05) is 24.3 Å². The Morgan fingerprint density at radius 2 is 1.94 bits per heavy atom. The lowest BCUT2D eigenvalue weighted by molar-refractivity contribution is -0.129. The van der Waals surface area contributed by atoms with Gasteiger partial charge in [-0.3, -0.25) is 4.79 Å². The van der Waals surface area contributed by atoms with E-state index in [9.17, 15) is 4.79 Å². The van der Waals surface area contributed by atoms with Crippen LogP contribution in [-0.4, -0.2) is 28.0 Å². The Balaban J connectivity index is 1.32. The smallest absolute Gasteiger partial charge is 0.268 e. The number of nitrogens with one attached hydrogen (secondary N) is 2. The minimum Gasteiger partial charge on any atom is -0.476 e. The maximum Gasteiger partial charge on any atom is 0.268 e. The monoisotopic (exact) mass is 441 g/mol. The Bertz CT molecular complexity index is 1390. The van der Waals surface area contributed by atoms with Crippen LogP contribution in [0.15, 0.2) is 59.2 Å². The number of hydrogen-bond acceptors (Lipinski definition) is 7. The van der Waals surface area contributed by atoms with Crippen molar-refractivity contribution in [3.63, 3.8) is 0 Å². The highest BCUT2D eigenvalue weighted by atomic mass is 16.5. The average molecular weight is 441 g/mol. The molecule has 0 saturated carbocycles. The maximum absolute atomic E-state index is 12.3. The summed E-state index contributed by atoms with van der Waals surface area (Å²) in [6.45, 7) is 5.10. The number of carbonyl (C=O) groups is 1. The first-order valence-corrected chi connectivity index (χ1v) is 10.9. The minimum absolute atomic E-state index is 0.184. The molecule has 33 heavy (non-hydrogen) atoms. The maximum atomic E-state index is 12.3. The van der Waals surface area contributed by atoms with Crippen molar-refractivity contribution in [2.45, 2.75) is 32.4 Å². The second-order valence-corrected chi connectivity index (χ2v) is 8.85. The van der Waals surface area contributed by atoms with E-state index >= 15 is 0 Å². The van der Waals surface area contributed by atoms with Gasteiger partial charge in [-0.25, -0.2) is 4.98 Å². The van der Waals surface area contributed by atoms with Crippen molar-refractivity contribution >= 4 is 40.1 Å². The largest absolute Gasteiger partial charge is 0.476 e. The molecular weight excluding hydrogens is 418 g/mol. The van der Waals surface area contributed by atoms with Crippen LogP contribution in [0.3, 0.4) is 0 Å². The van der Waals surface area contributed by atoms with E-state index < -0.39 is 5.60 Å². The highest BCUT2D eigenvalue weighted by molar-refractivity contribution is 6.00. The zero-order chi connectivity index (χ0) is 22.6. The van der Waals surface area contributed by atoms with Crippen LogP contribution in [0, 0.1) is 0 Å². The molecule has 2 aliphatic rings. The fourth-order valence-corrected chi connectivity index (χ4v) is 4.31. The van der Waals surface area contributed by atoms with Gasteiger partial charge in [0.1, 0.15) is 11.3 Å². The first-order chi connectivity index (χ1) is 16.0. The van der Waals surface area contributed by atoms with Crippen molar-refractivity contribution in [3.05, 3.63) is 65.9 Å². The van der Waals surface area contributed by atoms with Gasteiger partial charge >= 0.3 is 0 Å². The van der Waals surface area contributed by atoms with Crippen molar-refractivity contribution in [3.8, 4) is 5.75 Å². The van der Waals surface area contributed by atoms with E-state index in [-0.39, 0.29) is 5.91 Å². The SMILES string of the molecule is CC1(C)Oc2ccc(Nc3nc(N4CCc5ccccc5C4)c4occc4n3)cc2NC1=O. The number of carbonyl (C=O) groups excluding carboxylic acids is 1. The summed E-state index contributed by atoms with van der Waals surface area (Å²) in [5.74, 6) is 1.67. The number of benzene rings is 2. The molecule has 4 aromatic rings. The Hall–Kier alpha value is -4.07. The molecular formula is C25H23N5O3. The molecule has 0 saturated heterocycles. The van der Waals surface area contributed by atoms with Crippen LogP contribution >= 0.6 is 0 Å². The van der Waals surface area contributed by atoms with Crippen LogP contribution in [0.1, 0.15) is 25.0 Å². The number of amides is 1. The van der Waals surface area contributed by atoms with Crippen LogP contribution in [0.4, 0.5) is 23.1 Å². The van der Waals surface area contributed by atoms with Crippen LogP contribution in [0.5, 0.6) is 5.75 Å². The zero-order valence-electron chi connectivity index (χ0n) is 18.4. The summed E-state index contributed by atoms with van der Waals surface area (Å²) in [4.78, 5) is 23.9. The molecule has 0 bridgehead atoms. The van der Waals surface area contributed by atoms with Gasteiger partial charge in [0.15, 0.2) is 17.0 Å². The molecule has 0 unspecified atom stereocenters. The lowest BCUT2D eigenvalue weighted by atomic mass is 10.00.